The van der Waals surface area contributed by atoms with Crippen molar-refractivity contribution in [2.45, 2.75) is 78.7 Å². The van der Waals surface area contributed by atoms with Crippen molar-refractivity contribution in [1.82, 2.24) is 0 Å². The van der Waals surface area contributed by atoms with E-state index in [0.29, 0.717) is 12.8 Å². The van der Waals surface area contributed by atoms with E-state index in [4.69, 9.17) is 4.74 Å². The van der Waals surface area contributed by atoms with E-state index in [2.05, 4.69) is 6.92 Å². The minimum atomic E-state index is -0.904. The summed E-state index contributed by atoms with van der Waals surface area (Å²) in [6.45, 7) is 9.35. The maximum absolute atomic E-state index is 12.2. The van der Waals surface area contributed by atoms with Crippen LogP contribution in [-0.2, 0) is 14.3 Å². The fraction of sp³-hybridized carbons (Fsp3) is 0.875. The van der Waals surface area contributed by atoms with Crippen molar-refractivity contribution in [2.24, 2.45) is 11.8 Å². The molecule has 0 spiro atoms. The first-order valence-electron chi connectivity index (χ1n) is 7.68. The van der Waals surface area contributed by atoms with Gasteiger partial charge in [-0.25, -0.2) is 0 Å². The zero-order chi connectivity index (χ0) is 15.8. The third-order valence-electron chi connectivity index (χ3n) is 3.32. The van der Waals surface area contributed by atoms with E-state index in [1.54, 1.807) is 20.8 Å². The first-order valence-corrected chi connectivity index (χ1v) is 7.68. The summed E-state index contributed by atoms with van der Waals surface area (Å²) < 4.78 is 5.39. The van der Waals surface area contributed by atoms with Gasteiger partial charge in [0.25, 0.3) is 0 Å². The molecule has 2 unspecified atom stereocenters. The number of ether oxygens (including phenoxy) is 1. The Kier molecular flexibility index (Phi) is 8.51. The Labute approximate surface area is 122 Å². The molecule has 0 aromatic carbocycles. The number of hydrogen-bond donors (Lipinski definition) is 1. The van der Waals surface area contributed by atoms with Crippen LogP contribution in [0, 0.1) is 11.8 Å². The summed E-state index contributed by atoms with van der Waals surface area (Å²) in [5.41, 5.74) is -0.574. The van der Waals surface area contributed by atoms with Crippen molar-refractivity contribution >= 4 is 11.9 Å². The molecule has 0 amide bonds. The first kappa shape index (κ1) is 18.9. The minimum Gasteiger partial charge on any atom is -0.481 e. The van der Waals surface area contributed by atoms with E-state index >= 15 is 0 Å². The van der Waals surface area contributed by atoms with Crippen molar-refractivity contribution in [2.75, 3.05) is 0 Å². The Bertz CT molecular complexity index is 304. The fourth-order valence-corrected chi connectivity index (χ4v) is 2.28. The second-order valence-corrected chi connectivity index (χ2v) is 6.34. The summed E-state index contributed by atoms with van der Waals surface area (Å²) in [6.07, 6.45) is 5.19. The SMILES string of the molecule is CCCCCCC(C(=O)OC(C)(C)C)C(CC)C(=O)O. The number of carboxylic acids is 1. The average molecular weight is 286 g/mol. The van der Waals surface area contributed by atoms with Gasteiger partial charge in [0.05, 0.1) is 11.8 Å². The lowest BCUT2D eigenvalue weighted by Gasteiger charge is -2.27. The zero-order valence-corrected chi connectivity index (χ0v) is 13.6. The lowest BCUT2D eigenvalue weighted by atomic mass is 9.85. The molecule has 0 aromatic heterocycles. The Hall–Kier alpha value is -1.06. The van der Waals surface area contributed by atoms with Gasteiger partial charge in [-0.05, 0) is 33.6 Å². The number of carboxylic acid groups (broad SMARTS) is 1. The lowest BCUT2D eigenvalue weighted by Crippen LogP contribution is -2.35. The molecule has 0 radical (unpaired) electrons. The largest absolute Gasteiger partial charge is 0.481 e. The normalized spacial score (nSPS) is 14.7. The van der Waals surface area contributed by atoms with Gasteiger partial charge >= 0.3 is 11.9 Å². The number of rotatable bonds is 9. The molecular weight excluding hydrogens is 256 g/mol. The second-order valence-electron chi connectivity index (χ2n) is 6.34. The molecule has 4 nitrogen and oxygen atoms in total. The molecule has 0 aromatic rings. The number of unbranched alkanes of at least 4 members (excludes halogenated alkanes) is 3. The molecule has 4 heteroatoms. The molecule has 0 aliphatic rings. The Morgan fingerprint density at radius 1 is 1.05 bits per heavy atom. The topological polar surface area (TPSA) is 63.6 Å². The second kappa shape index (κ2) is 8.98. The van der Waals surface area contributed by atoms with Gasteiger partial charge in [-0.3, -0.25) is 9.59 Å². The van der Waals surface area contributed by atoms with Crippen LogP contribution in [-0.4, -0.2) is 22.6 Å². The Morgan fingerprint density at radius 2 is 1.65 bits per heavy atom. The smallest absolute Gasteiger partial charge is 0.310 e. The van der Waals surface area contributed by atoms with Crippen molar-refractivity contribution in [3.8, 4) is 0 Å². The zero-order valence-electron chi connectivity index (χ0n) is 13.6. The van der Waals surface area contributed by atoms with E-state index in [1.807, 2.05) is 6.92 Å². The molecule has 118 valence electrons. The van der Waals surface area contributed by atoms with Crippen LogP contribution in [0.1, 0.15) is 73.1 Å². The minimum absolute atomic E-state index is 0.372. The van der Waals surface area contributed by atoms with Crippen LogP contribution in [0.15, 0.2) is 0 Å². The summed E-state index contributed by atoms with van der Waals surface area (Å²) in [5.74, 6) is -2.46. The van der Waals surface area contributed by atoms with Crippen LogP contribution in [0.4, 0.5) is 0 Å². The number of hydrogen-bond acceptors (Lipinski definition) is 3. The third-order valence-corrected chi connectivity index (χ3v) is 3.32. The summed E-state index contributed by atoms with van der Waals surface area (Å²) in [6, 6.07) is 0. The van der Waals surface area contributed by atoms with E-state index in [1.165, 1.54) is 0 Å². The van der Waals surface area contributed by atoms with Crippen LogP contribution < -0.4 is 0 Å². The number of carbonyl (C=O) groups is 2. The fourth-order valence-electron chi connectivity index (χ4n) is 2.28. The van der Waals surface area contributed by atoms with Crippen LogP contribution >= 0.6 is 0 Å². The molecule has 0 saturated carbocycles. The van der Waals surface area contributed by atoms with Gasteiger partial charge in [-0.1, -0.05) is 39.5 Å². The molecular formula is C16H30O4. The van der Waals surface area contributed by atoms with Gasteiger partial charge in [0.1, 0.15) is 5.60 Å². The molecule has 0 fully saturated rings. The first-order chi connectivity index (χ1) is 9.22. The highest BCUT2D eigenvalue weighted by Crippen LogP contribution is 2.26. The summed E-state index contributed by atoms with van der Waals surface area (Å²) in [4.78, 5) is 23.6. The van der Waals surface area contributed by atoms with Crippen LogP contribution in [0.5, 0.6) is 0 Å². The number of carbonyl (C=O) groups excluding carboxylic acids is 1. The van der Waals surface area contributed by atoms with Gasteiger partial charge in [0, 0.05) is 0 Å². The quantitative estimate of drug-likeness (QED) is 0.513. The van der Waals surface area contributed by atoms with E-state index < -0.39 is 23.4 Å². The third kappa shape index (κ3) is 7.51. The predicted molar refractivity (Wildman–Crippen MR) is 79.5 cm³/mol. The Balaban J connectivity index is 4.76. The number of aliphatic carboxylic acids is 1. The molecule has 1 N–H and O–H groups in total. The van der Waals surface area contributed by atoms with Crippen molar-refractivity contribution in [3.63, 3.8) is 0 Å². The molecule has 0 aliphatic heterocycles. The van der Waals surface area contributed by atoms with Gasteiger partial charge in [-0.15, -0.1) is 0 Å². The van der Waals surface area contributed by atoms with Crippen molar-refractivity contribution in [1.29, 1.82) is 0 Å². The van der Waals surface area contributed by atoms with Gasteiger partial charge in [0.2, 0.25) is 0 Å². The summed E-state index contributed by atoms with van der Waals surface area (Å²) in [7, 11) is 0. The van der Waals surface area contributed by atoms with Crippen LogP contribution in [0.3, 0.4) is 0 Å². The molecule has 0 bridgehead atoms. The van der Waals surface area contributed by atoms with Crippen molar-refractivity contribution < 1.29 is 19.4 Å². The summed E-state index contributed by atoms with van der Waals surface area (Å²) in [5, 5.41) is 9.29. The maximum atomic E-state index is 12.2. The standard InChI is InChI=1S/C16H30O4/c1-6-8-9-10-11-13(12(7-2)14(17)18)15(19)20-16(3,4)5/h12-13H,6-11H2,1-5H3,(H,17,18). The number of esters is 1. The summed E-state index contributed by atoms with van der Waals surface area (Å²) >= 11 is 0. The molecule has 0 aliphatic carbocycles. The highest BCUT2D eigenvalue weighted by molar-refractivity contribution is 5.81. The van der Waals surface area contributed by atoms with Crippen LogP contribution in [0.25, 0.3) is 0 Å². The predicted octanol–water partition coefficient (Wildman–Crippen LogP) is 4.03. The van der Waals surface area contributed by atoms with E-state index in [9.17, 15) is 14.7 Å². The van der Waals surface area contributed by atoms with Crippen molar-refractivity contribution in [3.05, 3.63) is 0 Å². The van der Waals surface area contributed by atoms with E-state index in [-0.39, 0.29) is 5.97 Å². The molecule has 0 saturated heterocycles. The van der Waals surface area contributed by atoms with Gasteiger partial charge in [-0.2, -0.15) is 0 Å². The molecule has 0 heterocycles. The average Bonchev–Trinajstić information content (AvgIpc) is 2.30. The maximum Gasteiger partial charge on any atom is 0.310 e. The monoisotopic (exact) mass is 286 g/mol. The molecule has 2 atom stereocenters. The van der Waals surface area contributed by atoms with Gasteiger partial charge in [0.15, 0.2) is 0 Å². The Morgan fingerprint density at radius 3 is 2.05 bits per heavy atom. The van der Waals surface area contributed by atoms with E-state index in [0.717, 1.165) is 25.7 Å². The van der Waals surface area contributed by atoms with Crippen LogP contribution in [0.2, 0.25) is 0 Å². The lowest BCUT2D eigenvalue weighted by molar-refractivity contribution is -0.167. The van der Waals surface area contributed by atoms with Gasteiger partial charge < -0.3 is 9.84 Å². The highest BCUT2D eigenvalue weighted by Gasteiger charge is 2.34. The molecule has 20 heavy (non-hydrogen) atoms. The highest BCUT2D eigenvalue weighted by atomic mass is 16.6. The molecule has 0 rings (SSSR count).